The number of halogens is 1. The highest BCUT2D eigenvalue weighted by atomic mass is 35.5. The first-order valence-corrected chi connectivity index (χ1v) is 3.91. The van der Waals surface area contributed by atoms with Crippen molar-refractivity contribution in [2.75, 3.05) is 14.1 Å². The second kappa shape index (κ2) is 3.28. The summed E-state index contributed by atoms with van der Waals surface area (Å²) >= 11 is 5.99. The Morgan fingerprint density at radius 2 is 2.09 bits per heavy atom. The molecule has 0 aliphatic heterocycles. The first-order valence-electron chi connectivity index (χ1n) is 3.48. The molecule has 0 aliphatic rings. The Bertz CT molecular complexity index is 232. The van der Waals surface area contributed by atoms with E-state index in [1.54, 1.807) is 0 Å². The molecular formula is C8H12ClNO. The first-order chi connectivity index (χ1) is 5.11. The molecule has 0 saturated carbocycles. The fourth-order valence-electron chi connectivity index (χ4n) is 0.836. The molecule has 1 aromatic heterocycles. The maximum atomic E-state index is 5.99. The number of hydrogen-bond acceptors (Lipinski definition) is 2. The second-order valence-corrected chi connectivity index (χ2v) is 3.16. The van der Waals surface area contributed by atoms with Crippen LogP contribution in [0.5, 0.6) is 0 Å². The molecule has 1 unspecified atom stereocenters. The standard InChI is InChI=1S/C8H12ClNO/c1-6-4-5-7(11-6)8(9)10(2)3/h4-5,8H,1-3H3. The minimum absolute atomic E-state index is 0.163. The lowest BCUT2D eigenvalue weighted by Gasteiger charge is -2.14. The van der Waals surface area contributed by atoms with Gasteiger partial charge in [-0.05, 0) is 33.2 Å². The van der Waals surface area contributed by atoms with Gasteiger partial charge in [-0.3, -0.25) is 4.90 Å². The second-order valence-electron chi connectivity index (χ2n) is 2.75. The summed E-state index contributed by atoms with van der Waals surface area (Å²) < 4.78 is 5.33. The molecule has 11 heavy (non-hydrogen) atoms. The van der Waals surface area contributed by atoms with Crippen LogP contribution >= 0.6 is 11.6 Å². The summed E-state index contributed by atoms with van der Waals surface area (Å²) in [5, 5.41) is 0. The highest BCUT2D eigenvalue weighted by molar-refractivity contribution is 6.20. The molecule has 0 aliphatic carbocycles. The third kappa shape index (κ3) is 1.98. The molecule has 1 aromatic rings. The Hall–Kier alpha value is -0.470. The minimum Gasteiger partial charge on any atom is -0.463 e. The van der Waals surface area contributed by atoms with Crippen molar-refractivity contribution in [2.45, 2.75) is 12.4 Å². The van der Waals surface area contributed by atoms with Crippen molar-refractivity contribution in [3.05, 3.63) is 23.7 Å². The van der Waals surface area contributed by atoms with E-state index in [9.17, 15) is 0 Å². The Morgan fingerprint density at radius 1 is 1.45 bits per heavy atom. The van der Waals surface area contributed by atoms with E-state index in [1.165, 1.54) is 0 Å². The van der Waals surface area contributed by atoms with Crippen LogP contribution in [0.4, 0.5) is 0 Å². The van der Waals surface area contributed by atoms with Crippen molar-refractivity contribution >= 4 is 11.6 Å². The van der Waals surface area contributed by atoms with E-state index >= 15 is 0 Å². The Kier molecular flexibility index (Phi) is 2.58. The zero-order chi connectivity index (χ0) is 8.43. The minimum atomic E-state index is -0.163. The topological polar surface area (TPSA) is 16.4 Å². The van der Waals surface area contributed by atoms with E-state index in [1.807, 2.05) is 38.1 Å². The lowest BCUT2D eigenvalue weighted by atomic mass is 10.4. The molecule has 0 bridgehead atoms. The van der Waals surface area contributed by atoms with Crippen molar-refractivity contribution in [2.24, 2.45) is 0 Å². The van der Waals surface area contributed by atoms with Crippen LogP contribution in [-0.2, 0) is 0 Å². The third-order valence-corrected chi connectivity index (χ3v) is 2.05. The molecule has 0 aromatic carbocycles. The van der Waals surface area contributed by atoms with Crippen LogP contribution in [0.1, 0.15) is 17.0 Å². The van der Waals surface area contributed by atoms with Gasteiger partial charge in [0, 0.05) is 0 Å². The van der Waals surface area contributed by atoms with Crippen molar-refractivity contribution in [3.63, 3.8) is 0 Å². The van der Waals surface area contributed by atoms with Gasteiger partial charge in [0.2, 0.25) is 0 Å². The molecule has 2 nitrogen and oxygen atoms in total. The van der Waals surface area contributed by atoms with Crippen LogP contribution in [0, 0.1) is 6.92 Å². The molecule has 1 atom stereocenters. The van der Waals surface area contributed by atoms with Gasteiger partial charge in [0.15, 0.2) is 0 Å². The molecule has 1 heterocycles. The van der Waals surface area contributed by atoms with Crippen LogP contribution in [0.2, 0.25) is 0 Å². The summed E-state index contributed by atoms with van der Waals surface area (Å²) in [5.74, 6) is 1.70. The molecule has 0 fully saturated rings. The summed E-state index contributed by atoms with van der Waals surface area (Å²) in [7, 11) is 3.82. The highest BCUT2D eigenvalue weighted by Gasteiger charge is 2.12. The molecule has 0 radical (unpaired) electrons. The van der Waals surface area contributed by atoms with Gasteiger partial charge in [-0.2, -0.15) is 0 Å². The molecule has 0 amide bonds. The molecule has 0 N–H and O–H groups in total. The fourth-order valence-corrected chi connectivity index (χ4v) is 0.953. The maximum Gasteiger partial charge on any atom is 0.143 e. The summed E-state index contributed by atoms with van der Waals surface area (Å²) in [6.07, 6.45) is 0. The van der Waals surface area contributed by atoms with Gasteiger partial charge in [0.05, 0.1) is 0 Å². The quantitative estimate of drug-likeness (QED) is 0.505. The molecule has 3 heteroatoms. The summed E-state index contributed by atoms with van der Waals surface area (Å²) in [4.78, 5) is 1.89. The summed E-state index contributed by atoms with van der Waals surface area (Å²) in [6.45, 7) is 1.91. The van der Waals surface area contributed by atoms with Crippen molar-refractivity contribution in [1.82, 2.24) is 4.90 Å². The van der Waals surface area contributed by atoms with Gasteiger partial charge < -0.3 is 4.42 Å². The molecular weight excluding hydrogens is 162 g/mol. The van der Waals surface area contributed by atoms with Crippen LogP contribution in [-0.4, -0.2) is 19.0 Å². The Balaban J connectivity index is 2.76. The van der Waals surface area contributed by atoms with E-state index in [0.29, 0.717) is 0 Å². The van der Waals surface area contributed by atoms with Gasteiger partial charge >= 0.3 is 0 Å². The number of furan rings is 1. The normalized spacial score (nSPS) is 13.9. The highest BCUT2D eigenvalue weighted by Crippen LogP contribution is 2.23. The van der Waals surface area contributed by atoms with Gasteiger partial charge in [-0.1, -0.05) is 11.6 Å². The van der Waals surface area contributed by atoms with Gasteiger partial charge in [-0.25, -0.2) is 0 Å². The van der Waals surface area contributed by atoms with E-state index in [0.717, 1.165) is 11.5 Å². The van der Waals surface area contributed by atoms with Gasteiger partial charge in [0.1, 0.15) is 17.0 Å². The molecule has 1 rings (SSSR count). The van der Waals surface area contributed by atoms with E-state index in [-0.39, 0.29) is 5.50 Å². The zero-order valence-corrected chi connectivity index (χ0v) is 7.72. The van der Waals surface area contributed by atoms with E-state index in [4.69, 9.17) is 16.0 Å². The molecule has 62 valence electrons. The molecule has 0 saturated heterocycles. The van der Waals surface area contributed by atoms with Gasteiger partial charge in [0.25, 0.3) is 0 Å². The lowest BCUT2D eigenvalue weighted by molar-refractivity contribution is 0.330. The van der Waals surface area contributed by atoms with Gasteiger partial charge in [-0.15, -0.1) is 0 Å². The summed E-state index contributed by atoms with van der Waals surface area (Å²) in [6, 6.07) is 3.81. The maximum absolute atomic E-state index is 5.99. The largest absolute Gasteiger partial charge is 0.463 e. The zero-order valence-electron chi connectivity index (χ0n) is 6.97. The third-order valence-electron chi connectivity index (χ3n) is 1.45. The predicted molar refractivity (Wildman–Crippen MR) is 45.7 cm³/mol. The smallest absolute Gasteiger partial charge is 0.143 e. The van der Waals surface area contributed by atoms with Crippen LogP contribution < -0.4 is 0 Å². The molecule has 0 spiro atoms. The summed E-state index contributed by atoms with van der Waals surface area (Å²) in [5.41, 5.74) is -0.163. The fraction of sp³-hybridized carbons (Fsp3) is 0.500. The number of aryl methyl sites for hydroxylation is 1. The number of hydrogen-bond donors (Lipinski definition) is 0. The number of nitrogens with zero attached hydrogens (tertiary/aromatic N) is 1. The van der Waals surface area contributed by atoms with Crippen molar-refractivity contribution in [1.29, 1.82) is 0 Å². The SMILES string of the molecule is Cc1ccc(C(Cl)N(C)C)o1. The first kappa shape index (κ1) is 8.62. The van der Waals surface area contributed by atoms with Crippen molar-refractivity contribution in [3.8, 4) is 0 Å². The Morgan fingerprint density at radius 3 is 2.45 bits per heavy atom. The monoisotopic (exact) mass is 173 g/mol. The predicted octanol–water partition coefficient (Wildman–Crippen LogP) is 2.39. The number of rotatable bonds is 2. The van der Waals surface area contributed by atoms with Crippen LogP contribution in [0.3, 0.4) is 0 Å². The van der Waals surface area contributed by atoms with Crippen LogP contribution in [0.15, 0.2) is 16.5 Å². The van der Waals surface area contributed by atoms with E-state index in [2.05, 4.69) is 0 Å². The lowest BCUT2D eigenvalue weighted by Crippen LogP contribution is -2.13. The number of alkyl halides is 1. The van der Waals surface area contributed by atoms with Crippen LogP contribution in [0.25, 0.3) is 0 Å². The average molecular weight is 174 g/mol. The Labute approximate surface area is 71.7 Å². The van der Waals surface area contributed by atoms with E-state index < -0.39 is 0 Å². The van der Waals surface area contributed by atoms with Crippen molar-refractivity contribution < 1.29 is 4.42 Å². The average Bonchev–Trinajstić information content (AvgIpc) is 2.34.